The zero-order valence-corrected chi connectivity index (χ0v) is 20.3. The van der Waals surface area contributed by atoms with Crippen molar-refractivity contribution in [1.29, 1.82) is 0 Å². The molecule has 3 aromatic carbocycles. The van der Waals surface area contributed by atoms with Crippen LogP contribution in [0.3, 0.4) is 0 Å². The van der Waals surface area contributed by atoms with E-state index in [1.807, 2.05) is 64.1 Å². The van der Waals surface area contributed by atoms with Crippen LogP contribution >= 0.6 is 0 Å². The molecule has 0 aromatic heterocycles. The van der Waals surface area contributed by atoms with Crippen LogP contribution in [0.2, 0.25) is 0 Å². The lowest BCUT2D eigenvalue weighted by molar-refractivity contribution is -0.119. The van der Waals surface area contributed by atoms with Gasteiger partial charge in [0.25, 0.3) is 10.0 Å². The summed E-state index contributed by atoms with van der Waals surface area (Å²) in [4.78, 5) is 12.9. The Balaban J connectivity index is 1.77. The van der Waals surface area contributed by atoms with Crippen molar-refractivity contribution in [2.75, 3.05) is 24.0 Å². The largest absolute Gasteiger partial charge is 0.491 e. The number of anilines is 1. The maximum absolute atomic E-state index is 13.5. The molecule has 1 amide bonds. The van der Waals surface area contributed by atoms with E-state index in [1.54, 1.807) is 30.3 Å². The third kappa shape index (κ3) is 6.14. The van der Waals surface area contributed by atoms with Gasteiger partial charge >= 0.3 is 0 Å². The van der Waals surface area contributed by atoms with Gasteiger partial charge in [0, 0.05) is 0 Å². The fourth-order valence-corrected chi connectivity index (χ4v) is 4.86. The number of ether oxygens (including phenoxy) is 1. The average Bonchev–Trinajstić information content (AvgIpc) is 2.78. The Morgan fingerprint density at radius 1 is 0.879 bits per heavy atom. The Morgan fingerprint density at radius 3 is 2.24 bits per heavy atom. The molecule has 0 heterocycles. The SMILES string of the molecule is Cc1ccc(S(=O)(=O)N(CC(=O)NCCOc2ccccc2C)c2cc(C)ccc2C)cc1. The van der Waals surface area contributed by atoms with E-state index in [2.05, 4.69) is 5.32 Å². The highest BCUT2D eigenvalue weighted by atomic mass is 32.2. The van der Waals surface area contributed by atoms with Crippen LogP contribution in [0, 0.1) is 27.7 Å². The van der Waals surface area contributed by atoms with Gasteiger partial charge in [-0.1, -0.05) is 48.0 Å². The number of sulfonamides is 1. The molecule has 0 radical (unpaired) electrons. The molecule has 0 spiro atoms. The molecule has 0 aliphatic heterocycles. The second kappa shape index (κ2) is 10.5. The summed E-state index contributed by atoms with van der Waals surface area (Å²) in [7, 11) is -3.94. The van der Waals surface area contributed by atoms with Gasteiger partial charge in [-0.05, 0) is 68.7 Å². The molecule has 0 saturated carbocycles. The maximum atomic E-state index is 13.5. The summed E-state index contributed by atoms with van der Waals surface area (Å²) in [5, 5.41) is 2.77. The highest BCUT2D eigenvalue weighted by Crippen LogP contribution is 2.28. The van der Waals surface area contributed by atoms with Crippen molar-refractivity contribution >= 4 is 21.6 Å². The zero-order chi connectivity index (χ0) is 24.0. The van der Waals surface area contributed by atoms with Crippen molar-refractivity contribution < 1.29 is 17.9 Å². The maximum Gasteiger partial charge on any atom is 0.264 e. The Labute approximate surface area is 196 Å². The van der Waals surface area contributed by atoms with Gasteiger partial charge in [0.2, 0.25) is 5.91 Å². The smallest absolute Gasteiger partial charge is 0.264 e. The number of benzene rings is 3. The normalized spacial score (nSPS) is 11.2. The molecule has 0 aliphatic rings. The van der Waals surface area contributed by atoms with Crippen LogP contribution in [-0.2, 0) is 14.8 Å². The number of amides is 1. The predicted molar refractivity (Wildman–Crippen MR) is 131 cm³/mol. The molecule has 0 aliphatic carbocycles. The zero-order valence-electron chi connectivity index (χ0n) is 19.5. The number of nitrogens with one attached hydrogen (secondary N) is 1. The summed E-state index contributed by atoms with van der Waals surface area (Å²) in [6.07, 6.45) is 0. The monoisotopic (exact) mass is 466 g/mol. The molecule has 0 atom stereocenters. The molecule has 0 bridgehead atoms. The number of para-hydroxylation sites is 1. The first kappa shape index (κ1) is 24.3. The molecule has 174 valence electrons. The van der Waals surface area contributed by atoms with E-state index in [0.717, 1.165) is 28.0 Å². The van der Waals surface area contributed by atoms with Crippen molar-refractivity contribution in [3.63, 3.8) is 0 Å². The molecule has 1 N–H and O–H groups in total. The fraction of sp³-hybridized carbons (Fsp3) is 0.269. The van der Waals surface area contributed by atoms with Crippen LogP contribution in [0.15, 0.2) is 71.6 Å². The summed E-state index contributed by atoms with van der Waals surface area (Å²) >= 11 is 0. The van der Waals surface area contributed by atoms with Gasteiger partial charge in [0.1, 0.15) is 18.9 Å². The van der Waals surface area contributed by atoms with Crippen LogP contribution in [-0.4, -0.2) is 34.0 Å². The predicted octanol–water partition coefficient (Wildman–Crippen LogP) is 4.31. The first-order valence-corrected chi connectivity index (χ1v) is 12.2. The third-order valence-corrected chi connectivity index (χ3v) is 7.08. The standard InChI is InChI=1S/C26H30N2O4S/c1-19-10-13-23(14-11-19)33(30,31)28(24-17-20(2)9-12-21(24)3)18-26(29)27-15-16-32-25-8-6-5-7-22(25)4/h5-14,17H,15-16,18H2,1-4H3,(H,27,29). The van der Waals surface area contributed by atoms with Crippen LogP contribution < -0.4 is 14.4 Å². The first-order chi connectivity index (χ1) is 15.7. The highest BCUT2D eigenvalue weighted by Gasteiger charge is 2.28. The number of rotatable bonds is 9. The van der Waals surface area contributed by atoms with E-state index in [9.17, 15) is 13.2 Å². The molecule has 0 fully saturated rings. The summed E-state index contributed by atoms with van der Waals surface area (Å²) in [5.74, 6) is 0.352. The highest BCUT2D eigenvalue weighted by molar-refractivity contribution is 7.92. The summed E-state index contributed by atoms with van der Waals surface area (Å²) in [6, 6.07) is 19.8. The Morgan fingerprint density at radius 2 is 1.55 bits per heavy atom. The minimum atomic E-state index is -3.94. The molecular formula is C26H30N2O4S. The fourth-order valence-electron chi connectivity index (χ4n) is 3.38. The molecule has 33 heavy (non-hydrogen) atoms. The minimum absolute atomic E-state index is 0.143. The summed E-state index contributed by atoms with van der Waals surface area (Å²) in [6.45, 7) is 7.79. The molecule has 0 unspecified atom stereocenters. The molecule has 3 rings (SSSR count). The number of carbonyl (C=O) groups is 1. The van der Waals surface area contributed by atoms with Crippen molar-refractivity contribution in [3.05, 3.63) is 89.0 Å². The number of hydrogen-bond acceptors (Lipinski definition) is 4. The van der Waals surface area contributed by atoms with Crippen molar-refractivity contribution in [3.8, 4) is 5.75 Å². The number of carbonyl (C=O) groups excluding carboxylic acids is 1. The lowest BCUT2D eigenvalue weighted by Gasteiger charge is -2.26. The van der Waals surface area contributed by atoms with Crippen LogP contribution in [0.5, 0.6) is 5.75 Å². The second-order valence-corrected chi connectivity index (χ2v) is 9.94. The van der Waals surface area contributed by atoms with Crippen molar-refractivity contribution in [1.82, 2.24) is 5.32 Å². The van der Waals surface area contributed by atoms with Crippen LogP contribution in [0.1, 0.15) is 22.3 Å². The van der Waals surface area contributed by atoms with Crippen molar-refractivity contribution in [2.45, 2.75) is 32.6 Å². The van der Waals surface area contributed by atoms with Gasteiger partial charge in [-0.3, -0.25) is 9.10 Å². The minimum Gasteiger partial charge on any atom is -0.491 e. The summed E-state index contributed by atoms with van der Waals surface area (Å²) < 4.78 is 33.9. The third-order valence-electron chi connectivity index (χ3n) is 5.30. The van der Waals surface area contributed by atoms with Gasteiger partial charge in [0.15, 0.2) is 0 Å². The Bertz CT molecular complexity index is 1220. The van der Waals surface area contributed by atoms with Crippen molar-refractivity contribution in [2.24, 2.45) is 0 Å². The van der Waals surface area contributed by atoms with Gasteiger partial charge in [-0.2, -0.15) is 0 Å². The van der Waals surface area contributed by atoms with Crippen LogP contribution in [0.4, 0.5) is 5.69 Å². The van der Waals surface area contributed by atoms with Crippen LogP contribution in [0.25, 0.3) is 0 Å². The average molecular weight is 467 g/mol. The van der Waals surface area contributed by atoms with E-state index < -0.39 is 15.9 Å². The lowest BCUT2D eigenvalue weighted by atomic mass is 10.1. The molecular weight excluding hydrogens is 436 g/mol. The molecule has 0 saturated heterocycles. The Hall–Kier alpha value is -3.32. The summed E-state index contributed by atoms with van der Waals surface area (Å²) in [5.41, 5.74) is 4.13. The van der Waals surface area contributed by atoms with E-state index >= 15 is 0 Å². The number of hydrogen-bond donors (Lipinski definition) is 1. The van der Waals surface area contributed by atoms with E-state index in [-0.39, 0.29) is 24.6 Å². The number of aryl methyl sites for hydroxylation is 4. The van der Waals surface area contributed by atoms with E-state index in [1.165, 1.54) is 4.31 Å². The van der Waals surface area contributed by atoms with Gasteiger partial charge < -0.3 is 10.1 Å². The quantitative estimate of drug-likeness (QED) is 0.477. The molecule has 6 nitrogen and oxygen atoms in total. The number of nitrogens with zero attached hydrogens (tertiary/aromatic N) is 1. The van der Waals surface area contributed by atoms with E-state index in [0.29, 0.717) is 5.69 Å². The topological polar surface area (TPSA) is 75.7 Å². The van der Waals surface area contributed by atoms with Gasteiger partial charge in [-0.25, -0.2) is 8.42 Å². The molecule has 3 aromatic rings. The molecule has 7 heteroatoms. The van der Waals surface area contributed by atoms with Gasteiger partial charge in [0.05, 0.1) is 17.1 Å². The Kier molecular flexibility index (Phi) is 7.76. The second-order valence-electron chi connectivity index (χ2n) is 8.08. The van der Waals surface area contributed by atoms with Gasteiger partial charge in [-0.15, -0.1) is 0 Å². The lowest BCUT2D eigenvalue weighted by Crippen LogP contribution is -2.42. The first-order valence-electron chi connectivity index (χ1n) is 10.8. The van der Waals surface area contributed by atoms with E-state index in [4.69, 9.17) is 4.74 Å².